The number of pyridine rings is 1. The van der Waals surface area contributed by atoms with E-state index in [1.54, 1.807) is 58.2 Å². The largest absolute Gasteiger partial charge is 0.422 e. The van der Waals surface area contributed by atoms with Crippen molar-refractivity contribution < 1.29 is 17.2 Å². The molecule has 0 spiro atoms. The monoisotopic (exact) mass is 495 g/mol. The van der Waals surface area contributed by atoms with E-state index in [2.05, 4.69) is 0 Å². The highest BCUT2D eigenvalue weighted by atomic mass is 32.2. The van der Waals surface area contributed by atoms with Gasteiger partial charge in [0.05, 0.1) is 11.1 Å². The first kappa shape index (κ1) is 24.6. The molecule has 0 radical (unpaired) electrons. The van der Waals surface area contributed by atoms with Crippen LogP contribution >= 0.6 is 0 Å². The molecule has 0 saturated carbocycles. The van der Waals surface area contributed by atoms with Gasteiger partial charge in [-0.25, -0.2) is 17.6 Å². The number of sulfone groups is 1. The molecular formula is C27H26FNO5S. The molecule has 0 aliphatic carbocycles. The Morgan fingerprint density at radius 2 is 1.60 bits per heavy atom. The summed E-state index contributed by atoms with van der Waals surface area (Å²) in [5.41, 5.74) is 3.24. The quantitative estimate of drug-likeness (QED) is 0.411. The van der Waals surface area contributed by atoms with Crippen LogP contribution in [0.15, 0.2) is 56.5 Å². The second kappa shape index (κ2) is 8.92. The average Bonchev–Trinajstić information content (AvgIpc) is 2.78. The second-order valence-corrected chi connectivity index (χ2v) is 11.1. The van der Waals surface area contributed by atoms with E-state index >= 15 is 0 Å². The summed E-state index contributed by atoms with van der Waals surface area (Å²) in [6, 6.07) is 11.5. The Balaban J connectivity index is 2.11. The van der Waals surface area contributed by atoms with Crippen LogP contribution in [0.25, 0.3) is 22.1 Å². The number of benzene rings is 2. The van der Waals surface area contributed by atoms with Crippen molar-refractivity contribution in [3.63, 3.8) is 0 Å². The molecule has 0 atom stereocenters. The number of aromatic nitrogens is 1. The molecule has 0 unspecified atom stereocenters. The molecule has 35 heavy (non-hydrogen) atoms. The van der Waals surface area contributed by atoms with Gasteiger partial charge >= 0.3 is 5.63 Å². The molecule has 2 heterocycles. The summed E-state index contributed by atoms with van der Waals surface area (Å²) >= 11 is 0. The highest BCUT2D eigenvalue weighted by Crippen LogP contribution is 2.35. The van der Waals surface area contributed by atoms with Crippen molar-refractivity contribution in [2.24, 2.45) is 7.05 Å². The van der Waals surface area contributed by atoms with Gasteiger partial charge in [0, 0.05) is 36.5 Å². The standard InChI is InChI=1S/C27H26FNO5S/c1-15-19(14-35(5,32)33)10-8-11-20(15)23-17(3)29(4)26(30)24-21(16(2)27(31)34-25(23)24)13-18-9-6-7-12-22(18)28/h6-12H,13-14H2,1-5H3. The fourth-order valence-electron chi connectivity index (χ4n) is 4.49. The van der Waals surface area contributed by atoms with E-state index in [0.717, 1.165) is 0 Å². The summed E-state index contributed by atoms with van der Waals surface area (Å²) in [5, 5.41) is 0.210. The third kappa shape index (κ3) is 4.46. The van der Waals surface area contributed by atoms with Gasteiger partial charge in [-0.3, -0.25) is 4.79 Å². The number of fused-ring (bicyclic) bond motifs is 1. The Bertz CT molecular complexity index is 1710. The molecule has 0 bridgehead atoms. The van der Waals surface area contributed by atoms with Gasteiger partial charge in [-0.2, -0.15) is 0 Å². The Labute approximate surface area is 202 Å². The molecule has 182 valence electrons. The third-order valence-electron chi connectivity index (χ3n) is 6.55. The van der Waals surface area contributed by atoms with Crippen molar-refractivity contribution in [2.45, 2.75) is 32.9 Å². The summed E-state index contributed by atoms with van der Waals surface area (Å²) in [7, 11) is -1.66. The first-order valence-corrected chi connectivity index (χ1v) is 13.1. The van der Waals surface area contributed by atoms with Crippen LogP contribution in [-0.2, 0) is 29.1 Å². The van der Waals surface area contributed by atoms with Crippen molar-refractivity contribution in [3.05, 3.63) is 103 Å². The van der Waals surface area contributed by atoms with Crippen molar-refractivity contribution in [2.75, 3.05) is 6.26 Å². The summed E-state index contributed by atoms with van der Waals surface area (Å²) in [5.74, 6) is -0.571. The van der Waals surface area contributed by atoms with Crippen molar-refractivity contribution in [1.29, 1.82) is 0 Å². The van der Waals surface area contributed by atoms with E-state index in [1.165, 1.54) is 16.9 Å². The van der Waals surface area contributed by atoms with Gasteiger partial charge in [0.1, 0.15) is 5.82 Å². The predicted octanol–water partition coefficient (Wildman–Crippen LogP) is 4.36. The Morgan fingerprint density at radius 3 is 2.26 bits per heavy atom. The van der Waals surface area contributed by atoms with Gasteiger partial charge in [-0.15, -0.1) is 0 Å². The predicted molar refractivity (Wildman–Crippen MR) is 135 cm³/mol. The maximum atomic E-state index is 14.5. The number of hydrogen-bond donors (Lipinski definition) is 0. The van der Waals surface area contributed by atoms with Crippen LogP contribution in [0.1, 0.15) is 33.5 Å². The minimum absolute atomic E-state index is 0.0471. The van der Waals surface area contributed by atoms with Crippen LogP contribution in [0.4, 0.5) is 4.39 Å². The van der Waals surface area contributed by atoms with Crippen LogP contribution in [0.5, 0.6) is 0 Å². The minimum Gasteiger partial charge on any atom is -0.422 e. The van der Waals surface area contributed by atoms with Crippen LogP contribution < -0.4 is 11.2 Å². The van der Waals surface area contributed by atoms with Crippen molar-refractivity contribution in [3.8, 4) is 11.1 Å². The van der Waals surface area contributed by atoms with Gasteiger partial charge < -0.3 is 8.98 Å². The molecule has 2 aromatic heterocycles. The molecule has 0 aliphatic rings. The highest BCUT2D eigenvalue weighted by molar-refractivity contribution is 7.89. The minimum atomic E-state index is -3.29. The lowest BCUT2D eigenvalue weighted by atomic mass is 9.92. The molecule has 2 aromatic carbocycles. The first-order valence-electron chi connectivity index (χ1n) is 11.1. The smallest absolute Gasteiger partial charge is 0.339 e. The Morgan fingerprint density at radius 1 is 0.943 bits per heavy atom. The van der Waals surface area contributed by atoms with E-state index in [1.807, 2.05) is 6.07 Å². The molecular weight excluding hydrogens is 469 g/mol. The fourth-order valence-corrected chi connectivity index (χ4v) is 5.36. The number of hydrogen-bond acceptors (Lipinski definition) is 5. The summed E-state index contributed by atoms with van der Waals surface area (Å²) in [6.07, 6.45) is 1.22. The third-order valence-corrected chi connectivity index (χ3v) is 7.39. The molecule has 8 heteroatoms. The Hall–Kier alpha value is -3.52. The van der Waals surface area contributed by atoms with E-state index < -0.39 is 21.3 Å². The van der Waals surface area contributed by atoms with E-state index in [9.17, 15) is 22.4 Å². The molecule has 0 fully saturated rings. The number of halogens is 1. The van der Waals surface area contributed by atoms with Crippen LogP contribution in [0.2, 0.25) is 0 Å². The maximum Gasteiger partial charge on any atom is 0.339 e. The summed E-state index contributed by atoms with van der Waals surface area (Å²) in [4.78, 5) is 26.4. The first-order chi connectivity index (χ1) is 16.4. The number of nitrogens with zero attached hydrogens (tertiary/aromatic N) is 1. The summed E-state index contributed by atoms with van der Waals surface area (Å²) < 4.78 is 45.6. The normalized spacial score (nSPS) is 11.8. The lowest BCUT2D eigenvalue weighted by Crippen LogP contribution is -2.24. The van der Waals surface area contributed by atoms with Crippen LogP contribution in [0.3, 0.4) is 0 Å². The highest BCUT2D eigenvalue weighted by Gasteiger charge is 2.24. The zero-order chi connectivity index (χ0) is 25.7. The van der Waals surface area contributed by atoms with Gasteiger partial charge in [-0.1, -0.05) is 36.4 Å². The van der Waals surface area contributed by atoms with E-state index in [4.69, 9.17) is 4.42 Å². The maximum absolute atomic E-state index is 14.5. The molecule has 0 saturated heterocycles. The van der Waals surface area contributed by atoms with Crippen molar-refractivity contribution in [1.82, 2.24) is 4.57 Å². The fraction of sp³-hybridized carbons (Fsp3) is 0.259. The molecule has 0 N–H and O–H groups in total. The topological polar surface area (TPSA) is 86.4 Å². The second-order valence-electron chi connectivity index (χ2n) is 8.95. The van der Waals surface area contributed by atoms with Crippen LogP contribution in [-0.4, -0.2) is 19.2 Å². The molecule has 0 aliphatic heterocycles. The molecule has 4 rings (SSSR count). The van der Waals surface area contributed by atoms with Crippen molar-refractivity contribution >= 4 is 20.8 Å². The zero-order valence-corrected chi connectivity index (χ0v) is 21.0. The Kier molecular flexibility index (Phi) is 6.27. The average molecular weight is 496 g/mol. The van der Waals surface area contributed by atoms with Gasteiger partial charge in [0.25, 0.3) is 5.56 Å². The van der Waals surface area contributed by atoms with Gasteiger partial charge in [0.15, 0.2) is 15.4 Å². The lowest BCUT2D eigenvalue weighted by Gasteiger charge is -2.19. The van der Waals surface area contributed by atoms with Crippen LogP contribution in [0, 0.1) is 26.6 Å². The van der Waals surface area contributed by atoms with Gasteiger partial charge in [-0.05, 0) is 54.7 Å². The zero-order valence-electron chi connectivity index (χ0n) is 20.2. The van der Waals surface area contributed by atoms with Gasteiger partial charge in [0.2, 0.25) is 0 Å². The lowest BCUT2D eigenvalue weighted by molar-refractivity contribution is 0.550. The van der Waals surface area contributed by atoms with E-state index in [-0.39, 0.29) is 34.3 Å². The summed E-state index contributed by atoms with van der Waals surface area (Å²) in [6.45, 7) is 5.12. The molecule has 4 aromatic rings. The van der Waals surface area contributed by atoms with E-state index in [0.29, 0.717) is 39.1 Å². The number of rotatable bonds is 5. The SMILES string of the molecule is Cc1c(CS(C)(=O)=O)cccc1-c1c(C)n(C)c(=O)c2c(Cc3ccccc3F)c(C)c(=O)oc12. The molecule has 6 nitrogen and oxygen atoms in total. The molecule has 0 amide bonds.